The molecule has 23 heavy (non-hydrogen) atoms. The van der Waals surface area contributed by atoms with Crippen LogP contribution in [0.25, 0.3) is 0 Å². The highest BCUT2D eigenvalue weighted by atomic mass is 32.2. The number of nitrogens with zero attached hydrogens (tertiary/aromatic N) is 1. The average Bonchev–Trinajstić information content (AvgIpc) is 2.38. The second kappa shape index (κ2) is 6.37. The lowest BCUT2D eigenvalue weighted by atomic mass is 10.2. The van der Waals surface area contributed by atoms with E-state index in [-0.39, 0.29) is 17.5 Å². The minimum atomic E-state index is -4.08. The van der Waals surface area contributed by atoms with Gasteiger partial charge in [-0.05, 0) is 45.0 Å². The quantitative estimate of drug-likeness (QED) is 0.839. The Morgan fingerprint density at radius 3 is 2.35 bits per heavy atom. The van der Waals surface area contributed by atoms with Gasteiger partial charge in [0.1, 0.15) is 5.75 Å². The van der Waals surface area contributed by atoms with E-state index in [0.29, 0.717) is 5.75 Å². The van der Waals surface area contributed by atoms with Crippen LogP contribution in [0.4, 0.5) is 10.5 Å². The van der Waals surface area contributed by atoms with Crippen molar-refractivity contribution in [3.63, 3.8) is 0 Å². The number of imide groups is 1. The van der Waals surface area contributed by atoms with Crippen molar-refractivity contribution in [2.75, 3.05) is 4.72 Å². The van der Waals surface area contributed by atoms with Crippen molar-refractivity contribution in [3.8, 4) is 5.75 Å². The van der Waals surface area contributed by atoms with Gasteiger partial charge in [-0.15, -0.1) is 0 Å². The van der Waals surface area contributed by atoms with E-state index in [1.807, 2.05) is 19.2 Å². The first-order chi connectivity index (χ1) is 10.7. The number of nitrogens with one attached hydrogen (secondary N) is 2. The number of ether oxygens (including phenoxy) is 1. The fourth-order valence-electron chi connectivity index (χ4n) is 2.07. The number of aliphatic imine (C=N–C) groups is 1. The largest absolute Gasteiger partial charge is 0.491 e. The van der Waals surface area contributed by atoms with Gasteiger partial charge in [-0.2, -0.15) is 0 Å². The number of anilines is 1. The van der Waals surface area contributed by atoms with Crippen molar-refractivity contribution in [1.29, 1.82) is 0 Å². The summed E-state index contributed by atoms with van der Waals surface area (Å²) in [4.78, 5) is 26.3. The van der Waals surface area contributed by atoms with Gasteiger partial charge in [0.05, 0.1) is 11.8 Å². The van der Waals surface area contributed by atoms with Gasteiger partial charge in [0, 0.05) is 5.69 Å². The number of hydrogen-bond donors (Lipinski definition) is 2. The molecule has 1 atom stereocenters. The Bertz CT molecular complexity index is 753. The highest BCUT2D eigenvalue weighted by Gasteiger charge is 2.39. The number of carbonyl (C=O) groups excluding carboxylic acids is 2. The van der Waals surface area contributed by atoms with E-state index in [0.717, 1.165) is 0 Å². The smallest absolute Gasteiger partial charge is 0.347 e. The van der Waals surface area contributed by atoms with Crippen molar-refractivity contribution in [3.05, 3.63) is 24.3 Å². The molecule has 2 N–H and O–H groups in total. The van der Waals surface area contributed by atoms with Crippen LogP contribution in [-0.4, -0.2) is 37.4 Å². The van der Waals surface area contributed by atoms with Gasteiger partial charge in [0.15, 0.2) is 5.25 Å². The lowest BCUT2D eigenvalue weighted by molar-refractivity contribution is -0.118. The van der Waals surface area contributed by atoms with Gasteiger partial charge in [-0.25, -0.2) is 18.2 Å². The molecule has 0 radical (unpaired) electrons. The van der Waals surface area contributed by atoms with Crippen LogP contribution >= 0.6 is 0 Å². The highest BCUT2D eigenvalue weighted by molar-refractivity contribution is 7.94. The maximum Gasteiger partial charge on any atom is 0.347 e. The van der Waals surface area contributed by atoms with Crippen molar-refractivity contribution in [2.24, 2.45) is 4.99 Å². The molecule has 1 heterocycles. The first kappa shape index (κ1) is 16.9. The zero-order chi connectivity index (χ0) is 17.2. The maximum absolute atomic E-state index is 12.3. The van der Waals surface area contributed by atoms with E-state index in [4.69, 9.17) is 4.74 Å². The number of carbonyl (C=O) groups is 2. The molecule has 1 unspecified atom stereocenters. The third-order valence-electron chi connectivity index (χ3n) is 2.92. The standard InChI is InChI=1S/C14H17N3O5S/c1-8(2)22-11-6-4-10(5-7-11)17-23(20,21)12-9(3)15-14(19)16-13(12)18/h4-8,12,17H,1-3H3,(H,16,18,19). The number of benzene rings is 1. The molecule has 0 aromatic heterocycles. The molecule has 0 saturated carbocycles. The third-order valence-corrected chi connectivity index (χ3v) is 4.62. The normalized spacial score (nSPS) is 18.4. The van der Waals surface area contributed by atoms with Crippen molar-refractivity contribution in [1.82, 2.24) is 5.32 Å². The highest BCUT2D eigenvalue weighted by Crippen LogP contribution is 2.20. The predicted octanol–water partition coefficient (Wildman–Crippen LogP) is 1.29. The van der Waals surface area contributed by atoms with Crippen LogP contribution in [-0.2, 0) is 14.8 Å². The van der Waals surface area contributed by atoms with Gasteiger partial charge < -0.3 is 4.74 Å². The molecule has 1 aliphatic rings. The van der Waals surface area contributed by atoms with Gasteiger partial charge in [0.25, 0.3) is 5.91 Å². The Balaban J connectivity index is 2.19. The topological polar surface area (TPSA) is 114 Å². The molecule has 1 aliphatic heterocycles. The van der Waals surface area contributed by atoms with E-state index in [2.05, 4.69) is 9.71 Å². The van der Waals surface area contributed by atoms with Crippen LogP contribution in [0.1, 0.15) is 20.8 Å². The monoisotopic (exact) mass is 339 g/mol. The Labute approximate surface area is 134 Å². The van der Waals surface area contributed by atoms with Crippen LogP contribution in [0.3, 0.4) is 0 Å². The first-order valence-electron chi connectivity index (χ1n) is 6.87. The van der Waals surface area contributed by atoms with E-state index in [9.17, 15) is 18.0 Å². The molecule has 3 amide bonds. The molecular weight excluding hydrogens is 322 g/mol. The zero-order valence-corrected chi connectivity index (χ0v) is 13.7. The molecule has 1 aromatic rings. The predicted molar refractivity (Wildman–Crippen MR) is 85.2 cm³/mol. The average molecular weight is 339 g/mol. The molecule has 8 nitrogen and oxygen atoms in total. The van der Waals surface area contributed by atoms with Crippen molar-refractivity contribution < 1.29 is 22.7 Å². The first-order valence-corrected chi connectivity index (χ1v) is 8.42. The number of rotatable bonds is 5. The van der Waals surface area contributed by atoms with Gasteiger partial charge in [-0.3, -0.25) is 14.8 Å². The number of sulfonamides is 1. The van der Waals surface area contributed by atoms with Crippen LogP contribution in [0.15, 0.2) is 29.3 Å². The lowest BCUT2D eigenvalue weighted by Gasteiger charge is -2.20. The van der Waals surface area contributed by atoms with Crippen molar-refractivity contribution in [2.45, 2.75) is 32.1 Å². The van der Waals surface area contributed by atoms with E-state index in [1.54, 1.807) is 12.1 Å². The summed E-state index contributed by atoms with van der Waals surface area (Å²) in [6, 6.07) is 5.41. The molecule has 2 rings (SSSR count). The Hall–Kier alpha value is -2.42. The molecule has 9 heteroatoms. The summed E-state index contributed by atoms with van der Waals surface area (Å²) in [7, 11) is -4.08. The maximum atomic E-state index is 12.3. The summed E-state index contributed by atoms with van der Waals surface area (Å²) in [6.07, 6.45) is -0.000116. The van der Waals surface area contributed by atoms with Crippen molar-refractivity contribution >= 4 is 33.4 Å². The van der Waals surface area contributed by atoms with Gasteiger partial charge in [-0.1, -0.05) is 0 Å². The Morgan fingerprint density at radius 1 is 1.22 bits per heavy atom. The SMILES string of the molecule is CC1=NC(=O)NC(=O)C1S(=O)(=O)Nc1ccc(OC(C)C)cc1. The van der Waals surface area contributed by atoms with Gasteiger partial charge in [0.2, 0.25) is 10.0 Å². The third kappa shape index (κ3) is 4.07. The molecular formula is C14H17N3O5S. The molecule has 0 saturated heterocycles. The minimum absolute atomic E-state index is 0.000116. The zero-order valence-electron chi connectivity index (χ0n) is 12.9. The Morgan fingerprint density at radius 2 is 1.83 bits per heavy atom. The van der Waals surface area contributed by atoms with Crippen LogP contribution < -0.4 is 14.8 Å². The summed E-state index contributed by atoms with van der Waals surface area (Å²) in [5.74, 6) is -0.323. The summed E-state index contributed by atoms with van der Waals surface area (Å²) in [5.41, 5.74) is 0.199. The van der Waals surface area contributed by atoms with E-state index < -0.39 is 27.2 Å². The van der Waals surface area contributed by atoms with Crippen LogP contribution in [0.2, 0.25) is 0 Å². The second-order valence-electron chi connectivity index (χ2n) is 5.27. The fourth-order valence-corrected chi connectivity index (χ4v) is 3.49. The summed E-state index contributed by atoms with van der Waals surface area (Å²) in [5, 5.41) is 0.329. The van der Waals surface area contributed by atoms with E-state index in [1.165, 1.54) is 19.1 Å². The number of amides is 3. The van der Waals surface area contributed by atoms with Crippen LogP contribution in [0, 0.1) is 0 Å². The molecule has 0 bridgehead atoms. The molecule has 1 aromatic carbocycles. The number of urea groups is 1. The molecule has 124 valence electrons. The van der Waals surface area contributed by atoms with Crippen LogP contribution in [0.5, 0.6) is 5.75 Å². The minimum Gasteiger partial charge on any atom is -0.491 e. The summed E-state index contributed by atoms with van der Waals surface area (Å²) >= 11 is 0. The summed E-state index contributed by atoms with van der Waals surface area (Å²) in [6.45, 7) is 5.07. The fraction of sp³-hybridized carbons (Fsp3) is 0.357. The van der Waals surface area contributed by atoms with E-state index >= 15 is 0 Å². The molecule has 0 spiro atoms. The lowest BCUT2D eigenvalue weighted by Crippen LogP contribution is -2.51. The molecule has 0 aliphatic carbocycles. The molecule has 0 fully saturated rings. The number of hydrogen-bond acceptors (Lipinski definition) is 5. The summed E-state index contributed by atoms with van der Waals surface area (Å²) < 4.78 is 32.5. The second-order valence-corrected chi connectivity index (χ2v) is 7.03. The van der Waals surface area contributed by atoms with Gasteiger partial charge >= 0.3 is 6.03 Å². The Kier molecular flexibility index (Phi) is 4.69.